The standard InChI is InChI=1S/C20H21ClN2O4S/c21-19-5-4-18(28-19)15(24)2-6-20(25)23-9-7-22(8-10-23)12-14-1-3-16-17(11-14)27-13-26-16/h1,3-5,11H,2,6-10,12-13H2/p+1. The number of amides is 1. The Balaban J connectivity index is 1.22. The van der Waals surface area contributed by atoms with Gasteiger partial charge in [-0.1, -0.05) is 11.6 Å². The van der Waals surface area contributed by atoms with Crippen LogP contribution >= 0.6 is 22.9 Å². The van der Waals surface area contributed by atoms with Crippen LogP contribution < -0.4 is 14.4 Å². The summed E-state index contributed by atoms with van der Waals surface area (Å²) in [5, 5.41) is 0. The number of rotatable bonds is 6. The van der Waals surface area contributed by atoms with Gasteiger partial charge < -0.3 is 19.3 Å². The highest BCUT2D eigenvalue weighted by atomic mass is 35.5. The summed E-state index contributed by atoms with van der Waals surface area (Å²) in [5.74, 6) is 1.64. The van der Waals surface area contributed by atoms with Crippen molar-refractivity contribution in [2.45, 2.75) is 19.4 Å². The third-order valence-electron chi connectivity index (χ3n) is 5.13. The average Bonchev–Trinajstić information content (AvgIpc) is 3.35. The van der Waals surface area contributed by atoms with Crippen LogP contribution in [0.25, 0.3) is 0 Å². The maximum atomic E-state index is 12.4. The van der Waals surface area contributed by atoms with Crippen molar-refractivity contribution < 1.29 is 24.0 Å². The highest BCUT2D eigenvalue weighted by molar-refractivity contribution is 7.18. The summed E-state index contributed by atoms with van der Waals surface area (Å²) in [6, 6.07) is 9.49. The smallest absolute Gasteiger partial charge is 0.231 e. The van der Waals surface area contributed by atoms with Crippen LogP contribution in [-0.2, 0) is 11.3 Å². The van der Waals surface area contributed by atoms with Crippen LogP contribution in [0.3, 0.4) is 0 Å². The van der Waals surface area contributed by atoms with Gasteiger partial charge in [0.2, 0.25) is 12.7 Å². The number of benzene rings is 1. The molecular formula is C20H22ClN2O4S+. The van der Waals surface area contributed by atoms with E-state index in [2.05, 4.69) is 6.07 Å². The Kier molecular flexibility index (Phi) is 5.85. The zero-order chi connectivity index (χ0) is 19.5. The number of piperazine rings is 1. The second kappa shape index (κ2) is 8.51. The lowest BCUT2D eigenvalue weighted by Crippen LogP contribution is -3.13. The number of nitrogens with zero attached hydrogens (tertiary/aromatic N) is 1. The summed E-state index contributed by atoms with van der Waals surface area (Å²) in [7, 11) is 0. The molecule has 0 saturated carbocycles. The van der Waals surface area contributed by atoms with Crippen LogP contribution in [0, 0.1) is 0 Å². The van der Waals surface area contributed by atoms with Gasteiger partial charge in [0.05, 0.1) is 35.4 Å². The fourth-order valence-electron chi connectivity index (χ4n) is 3.55. The zero-order valence-electron chi connectivity index (χ0n) is 15.4. The summed E-state index contributed by atoms with van der Waals surface area (Å²) < 4.78 is 11.4. The summed E-state index contributed by atoms with van der Waals surface area (Å²) in [6.45, 7) is 4.42. The lowest BCUT2D eigenvalue weighted by atomic mass is 10.1. The molecule has 2 aromatic rings. The summed E-state index contributed by atoms with van der Waals surface area (Å²) in [6.07, 6.45) is 0.492. The predicted octanol–water partition coefficient (Wildman–Crippen LogP) is 2.02. The van der Waals surface area contributed by atoms with Crippen molar-refractivity contribution in [2.24, 2.45) is 0 Å². The van der Waals surface area contributed by atoms with Crippen LogP contribution in [0.4, 0.5) is 0 Å². The van der Waals surface area contributed by atoms with Crippen molar-refractivity contribution in [1.82, 2.24) is 4.90 Å². The molecular weight excluding hydrogens is 400 g/mol. The van der Waals surface area contributed by atoms with Gasteiger partial charge in [-0.3, -0.25) is 9.59 Å². The molecule has 2 aliphatic rings. The Morgan fingerprint density at radius 1 is 1.07 bits per heavy atom. The molecule has 8 heteroatoms. The number of carbonyl (C=O) groups excluding carboxylic acids is 2. The molecule has 0 bridgehead atoms. The minimum Gasteiger partial charge on any atom is -0.454 e. The maximum absolute atomic E-state index is 12.4. The predicted molar refractivity (Wildman–Crippen MR) is 106 cm³/mol. The van der Waals surface area contributed by atoms with Crippen molar-refractivity contribution >= 4 is 34.6 Å². The Morgan fingerprint density at radius 3 is 2.61 bits per heavy atom. The summed E-state index contributed by atoms with van der Waals surface area (Å²) in [5.41, 5.74) is 1.21. The largest absolute Gasteiger partial charge is 0.454 e. The Hall–Kier alpha value is -2.09. The maximum Gasteiger partial charge on any atom is 0.231 e. The van der Waals surface area contributed by atoms with Gasteiger partial charge in [0, 0.05) is 18.4 Å². The molecule has 4 rings (SSSR count). The molecule has 1 aromatic heterocycles. The summed E-state index contributed by atoms with van der Waals surface area (Å²) in [4.78, 5) is 28.5. The zero-order valence-corrected chi connectivity index (χ0v) is 17.0. The molecule has 0 radical (unpaired) electrons. The molecule has 0 aliphatic carbocycles. The van der Waals surface area contributed by atoms with E-state index < -0.39 is 0 Å². The molecule has 0 unspecified atom stereocenters. The van der Waals surface area contributed by atoms with Crippen LogP contribution in [-0.4, -0.2) is 49.6 Å². The second-order valence-electron chi connectivity index (χ2n) is 7.02. The van der Waals surface area contributed by atoms with Gasteiger partial charge >= 0.3 is 0 Å². The third-order valence-corrected chi connectivity index (χ3v) is 6.40. The minimum atomic E-state index is -0.0164. The molecule has 1 saturated heterocycles. The van der Waals surface area contributed by atoms with Crippen molar-refractivity contribution in [1.29, 1.82) is 0 Å². The third kappa shape index (κ3) is 4.48. The van der Waals surface area contributed by atoms with E-state index in [1.54, 1.807) is 12.1 Å². The Morgan fingerprint density at radius 2 is 1.86 bits per heavy atom. The van der Waals surface area contributed by atoms with Crippen molar-refractivity contribution in [3.05, 3.63) is 45.1 Å². The quantitative estimate of drug-likeness (QED) is 0.725. The first kappa shape index (κ1) is 19.2. The molecule has 1 N–H and O–H groups in total. The average molecular weight is 422 g/mol. The minimum absolute atomic E-state index is 0.0164. The van der Waals surface area contributed by atoms with Crippen molar-refractivity contribution in [3.8, 4) is 11.5 Å². The number of quaternary nitrogens is 1. The number of nitrogens with one attached hydrogen (secondary N) is 1. The van der Waals surface area contributed by atoms with Crippen LogP contribution in [0.15, 0.2) is 30.3 Å². The number of thiophene rings is 1. The first-order valence-corrected chi connectivity index (χ1v) is 10.6. The number of Topliss-reactive ketones (excluding diaryl/α,β-unsaturated/α-hetero) is 1. The van der Waals surface area contributed by atoms with Gasteiger partial charge in [0.1, 0.15) is 6.54 Å². The van der Waals surface area contributed by atoms with E-state index in [1.807, 2.05) is 17.0 Å². The molecule has 6 nitrogen and oxygen atoms in total. The van der Waals surface area contributed by atoms with E-state index in [4.69, 9.17) is 21.1 Å². The van der Waals surface area contributed by atoms with Gasteiger partial charge in [-0.25, -0.2) is 0 Å². The number of carbonyl (C=O) groups is 2. The first-order chi connectivity index (χ1) is 13.6. The SMILES string of the molecule is O=C(CCC(=O)N1CC[NH+](Cc2ccc3c(c2)OCO3)CC1)c1ccc(Cl)s1. The number of halogens is 1. The molecule has 148 valence electrons. The highest BCUT2D eigenvalue weighted by Crippen LogP contribution is 2.32. The molecule has 28 heavy (non-hydrogen) atoms. The molecule has 1 amide bonds. The molecule has 1 fully saturated rings. The molecule has 0 spiro atoms. The van der Waals surface area contributed by atoms with Crippen LogP contribution in [0.1, 0.15) is 28.1 Å². The van der Waals surface area contributed by atoms with Crippen molar-refractivity contribution in [3.63, 3.8) is 0 Å². The molecule has 0 atom stereocenters. The fraction of sp³-hybridized carbons (Fsp3) is 0.400. The highest BCUT2D eigenvalue weighted by Gasteiger charge is 2.25. The fourth-order valence-corrected chi connectivity index (χ4v) is 4.57. The van der Waals surface area contributed by atoms with Crippen molar-refractivity contribution in [2.75, 3.05) is 33.0 Å². The topological polar surface area (TPSA) is 60.3 Å². The lowest BCUT2D eigenvalue weighted by molar-refractivity contribution is -0.917. The van der Waals surface area contributed by atoms with E-state index in [0.29, 0.717) is 9.21 Å². The first-order valence-electron chi connectivity index (χ1n) is 9.37. The van der Waals surface area contributed by atoms with Crippen LogP contribution in [0.2, 0.25) is 4.34 Å². The van der Waals surface area contributed by atoms with Gasteiger partial charge in [-0.2, -0.15) is 0 Å². The monoisotopic (exact) mass is 421 g/mol. The van der Waals surface area contributed by atoms with Gasteiger partial charge in [-0.15, -0.1) is 11.3 Å². The normalized spacial score (nSPS) is 16.4. The molecule has 2 aliphatic heterocycles. The number of ketones is 1. The number of ether oxygens (including phenoxy) is 2. The van der Waals surface area contributed by atoms with Crippen LogP contribution in [0.5, 0.6) is 11.5 Å². The molecule has 3 heterocycles. The van der Waals surface area contributed by atoms with E-state index in [9.17, 15) is 9.59 Å². The Labute approximate surface area is 172 Å². The second-order valence-corrected chi connectivity index (χ2v) is 8.74. The van der Waals surface area contributed by atoms with E-state index >= 15 is 0 Å². The molecule has 1 aromatic carbocycles. The Bertz CT molecular complexity index is 877. The lowest BCUT2D eigenvalue weighted by Gasteiger charge is -2.32. The van der Waals surface area contributed by atoms with Gasteiger partial charge in [0.25, 0.3) is 0 Å². The van der Waals surface area contributed by atoms with Gasteiger partial charge in [0.15, 0.2) is 17.3 Å². The number of fused-ring (bicyclic) bond motifs is 1. The summed E-state index contributed by atoms with van der Waals surface area (Å²) >= 11 is 7.13. The van der Waals surface area contributed by atoms with E-state index in [1.165, 1.54) is 21.8 Å². The van der Waals surface area contributed by atoms with E-state index in [0.717, 1.165) is 44.2 Å². The van der Waals surface area contributed by atoms with Gasteiger partial charge in [-0.05, 0) is 30.3 Å². The number of hydrogen-bond acceptors (Lipinski definition) is 5. The number of hydrogen-bond donors (Lipinski definition) is 1. The van der Waals surface area contributed by atoms with E-state index in [-0.39, 0.29) is 31.3 Å².